The largest absolute Gasteiger partial charge is 0.469 e. The first-order valence-electron chi connectivity index (χ1n) is 10.6. The van der Waals surface area contributed by atoms with Crippen molar-refractivity contribution in [3.05, 3.63) is 71.8 Å². The highest BCUT2D eigenvalue weighted by Crippen LogP contribution is 2.36. The van der Waals surface area contributed by atoms with E-state index in [1.807, 2.05) is 81.4 Å². The van der Waals surface area contributed by atoms with Crippen LogP contribution in [0, 0.1) is 5.92 Å². The number of carbonyl (C=O) groups excluding carboxylic acids is 2. The summed E-state index contributed by atoms with van der Waals surface area (Å²) >= 11 is 0. The molecule has 0 spiro atoms. The summed E-state index contributed by atoms with van der Waals surface area (Å²) in [7, 11) is 1.39. The molecule has 0 unspecified atom stereocenters. The van der Waals surface area contributed by atoms with E-state index in [0.29, 0.717) is 12.8 Å². The molecular weight excluding hydrogens is 394 g/mol. The summed E-state index contributed by atoms with van der Waals surface area (Å²) in [5, 5.41) is 2.95. The Morgan fingerprint density at radius 3 is 2.00 bits per heavy atom. The van der Waals surface area contributed by atoms with Gasteiger partial charge in [0.25, 0.3) is 0 Å². The highest BCUT2D eigenvalue weighted by atomic mass is 16.6. The second kappa shape index (κ2) is 9.96. The molecule has 0 saturated carbocycles. The Bertz CT molecular complexity index is 862. The van der Waals surface area contributed by atoms with Gasteiger partial charge in [0.15, 0.2) is 0 Å². The standard InChI is InChI=1S/C25H31NO5/c1-25(2,3)31-24(28)26-20(16-18-13-9-6-10-14-18)22-21(30-22)19(23(27)29-4)15-17-11-7-5-8-12-17/h5-14,19-22H,15-16H2,1-4H3,(H,26,28)/t19-,20+,21-,22-/m1/s1. The summed E-state index contributed by atoms with van der Waals surface area (Å²) in [5.74, 6) is -0.761. The molecule has 0 bridgehead atoms. The van der Waals surface area contributed by atoms with Crippen LogP contribution in [-0.2, 0) is 31.8 Å². The van der Waals surface area contributed by atoms with Crippen LogP contribution in [0.15, 0.2) is 60.7 Å². The molecule has 1 saturated heterocycles. The Morgan fingerprint density at radius 1 is 0.935 bits per heavy atom. The van der Waals surface area contributed by atoms with Crippen molar-refractivity contribution in [3.63, 3.8) is 0 Å². The van der Waals surface area contributed by atoms with Gasteiger partial charge in [-0.05, 0) is 44.7 Å². The van der Waals surface area contributed by atoms with E-state index in [-0.39, 0.29) is 24.2 Å². The van der Waals surface area contributed by atoms with Gasteiger partial charge >= 0.3 is 12.1 Å². The summed E-state index contributed by atoms with van der Waals surface area (Å²) in [6.45, 7) is 5.47. The lowest BCUT2D eigenvalue weighted by molar-refractivity contribution is -0.146. The Labute approximate surface area is 183 Å². The van der Waals surface area contributed by atoms with Gasteiger partial charge in [-0.1, -0.05) is 60.7 Å². The number of ether oxygens (including phenoxy) is 3. The molecule has 2 aromatic carbocycles. The van der Waals surface area contributed by atoms with E-state index in [2.05, 4.69) is 5.32 Å². The topological polar surface area (TPSA) is 77.2 Å². The normalized spacial score (nSPS) is 19.7. The number of nitrogens with one attached hydrogen (secondary N) is 1. The van der Waals surface area contributed by atoms with Crippen LogP contribution in [0.4, 0.5) is 4.79 Å². The van der Waals surface area contributed by atoms with Crippen LogP contribution < -0.4 is 5.32 Å². The summed E-state index contributed by atoms with van der Waals surface area (Å²) in [5.41, 5.74) is 1.50. The van der Waals surface area contributed by atoms with Crippen LogP contribution in [-0.4, -0.2) is 43.0 Å². The number of esters is 1. The molecule has 1 N–H and O–H groups in total. The molecule has 1 fully saturated rings. The maximum atomic E-state index is 12.5. The smallest absolute Gasteiger partial charge is 0.407 e. The van der Waals surface area contributed by atoms with E-state index >= 15 is 0 Å². The molecule has 3 rings (SSSR count). The Hall–Kier alpha value is -2.86. The number of hydrogen-bond donors (Lipinski definition) is 1. The zero-order chi connectivity index (χ0) is 22.4. The van der Waals surface area contributed by atoms with Crippen molar-refractivity contribution in [1.29, 1.82) is 0 Å². The summed E-state index contributed by atoms with van der Waals surface area (Å²) in [6, 6.07) is 19.3. The number of carbonyl (C=O) groups is 2. The van der Waals surface area contributed by atoms with E-state index in [1.54, 1.807) is 0 Å². The molecule has 1 heterocycles. The van der Waals surface area contributed by atoms with Crippen LogP contribution in [0.25, 0.3) is 0 Å². The highest BCUT2D eigenvalue weighted by molar-refractivity contribution is 5.74. The van der Waals surface area contributed by atoms with Gasteiger partial charge in [0, 0.05) is 0 Å². The highest BCUT2D eigenvalue weighted by Gasteiger charge is 2.52. The monoisotopic (exact) mass is 425 g/mol. The van der Waals surface area contributed by atoms with E-state index in [1.165, 1.54) is 7.11 Å². The fraction of sp³-hybridized carbons (Fsp3) is 0.440. The molecule has 1 amide bonds. The van der Waals surface area contributed by atoms with Crippen molar-refractivity contribution >= 4 is 12.1 Å². The zero-order valence-electron chi connectivity index (χ0n) is 18.5. The van der Waals surface area contributed by atoms with Crippen molar-refractivity contribution in [2.75, 3.05) is 7.11 Å². The van der Waals surface area contributed by atoms with E-state index < -0.39 is 17.6 Å². The van der Waals surface area contributed by atoms with Crippen LogP contribution in [0.1, 0.15) is 31.9 Å². The predicted octanol–water partition coefficient (Wildman–Crippen LogP) is 3.92. The van der Waals surface area contributed by atoms with Gasteiger partial charge in [-0.25, -0.2) is 4.79 Å². The second-order valence-electron chi connectivity index (χ2n) is 8.83. The molecule has 6 nitrogen and oxygen atoms in total. The van der Waals surface area contributed by atoms with Crippen molar-refractivity contribution in [2.45, 2.75) is 57.5 Å². The van der Waals surface area contributed by atoms with Gasteiger partial charge in [0.2, 0.25) is 0 Å². The molecule has 0 aromatic heterocycles. The Morgan fingerprint density at radius 2 is 1.48 bits per heavy atom. The lowest BCUT2D eigenvalue weighted by atomic mass is 9.91. The SMILES string of the molecule is COC(=O)[C@H](Cc1ccccc1)[C@H]1O[C@@H]1[C@H](Cc1ccccc1)NC(=O)OC(C)(C)C. The zero-order valence-corrected chi connectivity index (χ0v) is 18.5. The molecule has 0 aliphatic carbocycles. The van der Waals surface area contributed by atoms with E-state index in [9.17, 15) is 9.59 Å². The quantitative estimate of drug-likeness (QED) is 0.512. The van der Waals surface area contributed by atoms with E-state index in [0.717, 1.165) is 11.1 Å². The van der Waals surface area contributed by atoms with Gasteiger partial charge < -0.3 is 19.5 Å². The molecule has 4 atom stereocenters. The van der Waals surface area contributed by atoms with Gasteiger partial charge in [-0.3, -0.25) is 4.79 Å². The number of methoxy groups -OCH3 is 1. The van der Waals surface area contributed by atoms with Crippen molar-refractivity contribution in [3.8, 4) is 0 Å². The van der Waals surface area contributed by atoms with Crippen LogP contribution in [0.2, 0.25) is 0 Å². The minimum atomic E-state index is -0.604. The Kier molecular flexibility index (Phi) is 7.33. The number of hydrogen-bond acceptors (Lipinski definition) is 5. The number of amides is 1. The fourth-order valence-corrected chi connectivity index (χ4v) is 3.71. The minimum Gasteiger partial charge on any atom is -0.469 e. The number of benzene rings is 2. The molecule has 0 radical (unpaired) electrons. The van der Waals surface area contributed by atoms with Crippen LogP contribution in [0.5, 0.6) is 0 Å². The third-order valence-electron chi connectivity index (χ3n) is 5.16. The molecule has 2 aromatic rings. The van der Waals surface area contributed by atoms with Gasteiger partial charge in [-0.15, -0.1) is 0 Å². The first kappa shape index (κ1) is 22.8. The molecule has 1 aliphatic rings. The first-order valence-corrected chi connectivity index (χ1v) is 10.6. The molecule has 6 heteroatoms. The lowest BCUT2D eigenvalue weighted by Crippen LogP contribution is -2.44. The maximum absolute atomic E-state index is 12.5. The first-order chi connectivity index (χ1) is 14.8. The third-order valence-corrected chi connectivity index (χ3v) is 5.16. The maximum Gasteiger partial charge on any atom is 0.407 e. The summed E-state index contributed by atoms with van der Waals surface area (Å²) in [6.07, 6.45) is -0.0585. The second-order valence-corrected chi connectivity index (χ2v) is 8.83. The van der Waals surface area contributed by atoms with Crippen LogP contribution >= 0.6 is 0 Å². The average Bonchev–Trinajstić information content (AvgIpc) is 3.52. The van der Waals surface area contributed by atoms with Crippen LogP contribution in [0.3, 0.4) is 0 Å². The predicted molar refractivity (Wildman–Crippen MR) is 118 cm³/mol. The van der Waals surface area contributed by atoms with Gasteiger partial charge in [0.05, 0.1) is 25.2 Å². The van der Waals surface area contributed by atoms with Gasteiger partial charge in [-0.2, -0.15) is 0 Å². The van der Waals surface area contributed by atoms with Crippen molar-refractivity contribution < 1.29 is 23.8 Å². The summed E-state index contributed by atoms with van der Waals surface area (Å²) in [4.78, 5) is 25.0. The average molecular weight is 426 g/mol. The molecule has 1 aliphatic heterocycles. The van der Waals surface area contributed by atoms with Gasteiger partial charge in [0.1, 0.15) is 11.7 Å². The number of epoxide rings is 1. The molecule has 166 valence electrons. The van der Waals surface area contributed by atoms with Crippen molar-refractivity contribution in [1.82, 2.24) is 5.32 Å². The molecular formula is C25H31NO5. The van der Waals surface area contributed by atoms with E-state index in [4.69, 9.17) is 14.2 Å². The number of rotatable bonds is 8. The third kappa shape index (κ3) is 6.82. The van der Waals surface area contributed by atoms with Crippen molar-refractivity contribution in [2.24, 2.45) is 5.92 Å². The Balaban J connectivity index is 1.75. The fourth-order valence-electron chi connectivity index (χ4n) is 3.71. The summed E-state index contributed by atoms with van der Waals surface area (Å²) < 4.78 is 16.5. The number of alkyl carbamates (subject to hydrolysis) is 1. The lowest BCUT2D eigenvalue weighted by Gasteiger charge is -2.23. The minimum absolute atomic E-state index is 0.305. The molecule has 31 heavy (non-hydrogen) atoms.